The summed E-state index contributed by atoms with van der Waals surface area (Å²) in [5.74, 6) is -0.205. The van der Waals surface area contributed by atoms with Crippen LogP contribution in [0.2, 0.25) is 0 Å². The molecule has 0 radical (unpaired) electrons. The number of H-pyrrole nitrogens is 1. The topological polar surface area (TPSA) is 108 Å². The van der Waals surface area contributed by atoms with Crippen LogP contribution >= 0.6 is 11.8 Å². The molecule has 1 aromatic heterocycles. The minimum Gasteiger partial charge on any atom is -0.291 e. The van der Waals surface area contributed by atoms with E-state index in [4.69, 9.17) is 0 Å². The third-order valence-electron chi connectivity index (χ3n) is 5.31. The minimum atomic E-state index is -0.445. The van der Waals surface area contributed by atoms with Crippen LogP contribution in [0.3, 0.4) is 0 Å². The predicted molar refractivity (Wildman–Crippen MR) is 124 cm³/mol. The fraction of sp³-hybridized carbons (Fsp3) is 0.261. The van der Waals surface area contributed by atoms with Gasteiger partial charge in [0.25, 0.3) is 17.7 Å². The zero-order valence-electron chi connectivity index (χ0n) is 18.1. The van der Waals surface area contributed by atoms with Gasteiger partial charge in [0.2, 0.25) is 11.1 Å². The van der Waals surface area contributed by atoms with Crippen LogP contribution in [0, 0.1) is 0 Å². The molecule has 164 valence electrons. The van der Waals surface area contributed by atoms with Crippen molar-refractivity contribution in [3.05, 3.63) is 64.2 Å². The first-order valence-corrected chi connectivity index (χ1v) is 11.5. The van der Waals surface area contributed by atoms with Crippen LogP contribution < -0.4 is 10.2 Å². The number of fused-ring (bicyclic) bond motifs is 1. The zero-order valence-corrected chi connectivity index (χ0v) is 18.9. The summed E-state index contributed by atoms with van der Waals surface area (Å²) in [6.45, 7) is 5.97. The number of anilines is 2. The van der Waals surface area contributed by atoms with Crippen molar-refractivity contribution in [2.24, 2.45) is 0 Å². The molecule has 0 atom stereocenters. The molecule has 9 heteroatoms. The first-order chi connectivity index (χ1) is 15.5. The smallest absolute Gasteiger partial charge is 0.266 e. The summed E-state index contributed by atoms with van der Waals surface area (Å²) in [5.41, 5.74) is 3.28. The summed E-state index contributed by atoms with van der Waals surface area (Å²) in [5, 5.41) is 9.86. The molecule has 1 aliphatic heterocycles. The molecule has 2 heterocycles. The Labute approximate surface area is 189 Å². The van der Waals surface area contributed by atoms with E-state index in [1.54, 1.807) is 0 Å². The first-order valence-electron chi connectivity index (χ1n) is 10.5. The Morgan fingerprint density at radius 3 is 2.38 bits per heavy atom. The van der Waals surface area contributed by atoms with Crippen molar-refractivity contribution in [1.29, 1.82) is 0 Å². The van der Waals surface area contributed by atoms with E-state index in [0.717, 1.165) is 16.9 Å². The molecule has 0 saturated heterocycles. The number of nitrogens with one attached hydrogen (secondary N) is 2. The summed E-state index contributed by atoms with van der Waals surface area (Å²) in [4.78, 5) is 44.6. The lowest BCUT2D eigenvalue weighted by Crippen LogP contribution is -2.31. The number of hydrogen-bond acceptors (Lipinski definition) is 6. The Kier molecular flexibility index (Phi) is 6.09. The van der Waals surface area contributed by atoms with Crippen molar-refractivity contribution in [2.75, 3.05) is 16.0 Å². The molecule has 32 heavy (non-hydrogen) atoms. The van der Waals surface area contributed by atoms with Gasteiger partial charge < -0.3 is 0 Å². The zero-order chi connectivity index (χ0) is 22.8. The maximum atomic E-state index is 13.3. The van der Waals surface area contributed by atoms with E-state index in [9.17, 15) is 14.4 Å². The summed E-state index contributed by atoms with van der Waals surface area (Å²) >= 11 is 1.45. The molecule has 0 saturated carbocycles. The molecule has 0 aliphatic carbocycles. The van der Waals surface area contributed by atoms with Gasteiger partial charge in [-0.05, 0) is 47.9 Å². The van der Waals surface area contributed by atoms with Gasteiger partial charge in [-0.25, -0.2) is 10.00 Å². The van der Waals surface area contributed by atoms with Gasteiger partial charge in [0.15, 0.2) is 0 Å². The van der Waals surface area contributed by atoms with E-state index in [-0.39, 0.29) is 23.0 Å². The average molecular weight is 450 g/mol. The van der Waals surface area contributed by atoms with Gasteiger partial charge in [-0.1, -0.05) is 50.7 Å². The lowest BCUT2D eigenvalue weighted by Gasteiger charge is -2.21. The van der Waals surface area contributed by atoms with Crippen molar-refractivity contribution >= 4 is 41.1 Å². The number of carbonyl (C=O) groups is 3. The van der Waals surface area contributed by atoms with Crippen LogP contribution in [0.1, 0.15) is 63.0 Å². The Hall–Kier alpha value is -3.46. The highest BCUT2D eigenvalue weighted by atomic mass is 32.2. The largest absolute Gasteiger partial charge is 0.291 e. The van der Waals surface area contributed by atoms with Gasteiger partial charge in [-0.15, -0.1) is 5.10 Å². The number of imide groups is 1. The summed E-state index contributed by atoms with van der Waals surface area (Å²) in [6, 6.07) is 10.3. The highest BCUT2D eigenvalue weighted by molar-refractivity contribution is 7.99. The molecule has 0 unspecified atom stereocenters. The lowest BCUT2D eigenvalue weighted by molar-refractivity contribution is 0.0925. The molecular weight excluding hydrogens is 426 g/mol. The van der Waals surface area contributed by atoms with E-state index in [1.165, 1.54) is 34.9 Å². The van der Waals surface area contributed by atoms with Crippen molar-refractivity contribution in [1.82, 2.24) is 15.2 Å². The Balaban J connectivity index is 1.64. The number of amides is 3. The Morgan fingerprint density at radius 1 is 1.03 bits per heavy atom. The van der Waals surface area contributed by atoms with Crippen molar-refractivity contribution in [3.63, 3.8) is 0 Å². The Morgan fingerprint density at radius 2 is 1.72 bits per heavy atom. The molecule has 0 spiro atoms. The van der Waals surface area contributed by atoms with E-state index >= 15 is 0 Å². The van der Waals surface area contributed by atoms with E-state index in [2.05, 4.69) is 20.5 Å². The van der Waals surface area contributed by atoms with Gasteiger partial charge in [-0.2, -0.15) is 4.98 Å². The minimum absolute atomic E-state index is 0.218. The second-order valence-electron chi connectivity index (χ2n) is 7.19. The second kappa shape index (κ2) is 8.96. The van der Waals surface area contributed by atoms with Crippen molar-refractivity contribution in [2.45, 2.75) is 38.8 Å². The van der Waals surface area contributed by atoms with E-state index in [0.29, 0.717) is 29.2 Å². The van der Waals surface area contributed by atoms with Gasteiger partial charge in [0.1, 0.15) is 0 Å². The van der Waals surface area contributed by atoms with Crippen LogP contribution in [0.5, 0.6) is 0 Å². The Bertz CT molecular complexity index is 1200. The number of thioether (sulfide) groups is 1. The SMILES string of the molecule is CCSc1n[nH]c(NC(=O)c2ccc3c(c2)C(=O)N(c2c(CC)cccc2CC)C3=O)n1. The quantitative estimate of drug-likeness (QED) is 0.415. The number of benzene rings is 2. The molecule has 2 aromatic carbocycles. The van der Waals surface area contributed by atoms with Crippen molar-refractivity contribution < 1.29 is 14.4 Å². The van der Waals surface area contributed by atoms with Crippen LogP contribution in [-0.2, 0) is 12.8 Å². The van der Waals surface area contributed by atoms with Crippen LogP contribution in [-0.4, -0.2) is 38.7 Å². The van der Waals surface area contributed by atoms with Crippen LogP contribution in [0.15, 0.2) is 41.6 Å². The van der Waals surface area contributed by atoms with Gasteiger partial charge in [0, 0.05) is 5.56 Å². The standard InChI is InChI=1S/C23H23N5O3S/c1-4-13-8-7-9-14(5-2)18(13)28-20(30)16-11-10-15(12-17(16)21(28)31)19(29)24-22-25-23(27-26-22)32-6-3/h7-12H,4-6H2,1-3H3,(H2,24,25,26,27,29). The number of nitrogens with zero attached hydrogens (tertiary/aromatic N) is 3. The summed E-state index contributed by atoms with van der Waals surface area (Å²) in [7, 11) is 0. The number of hydrogen-bond donors (Lipinski definition) is 2. The summed E-state index contributed by atoms with van der Waals surface area (Å²) < 4.78 is 0. The second-order valence-corrected chi connectivity index (χ2v) is 8.42. The lowest BCUT2D eigenvalue weighted by atomic mass is 10.0. The van der Waals surface area contributed by atoms with Gasteiger partial charge in [-0.3, -0.25) is 19.7 Å². The maximum Gasteiger partial charge on any atom is 0.266 e. The molecular formula is C23H23N5O3S. The van der Waals surface area contributed by atoms with Gasteiger partial charge >= 0.3 is 0 Å². The average Bonchev–Trinajstić information content (AvgIpc) is 3.34. The highest BCUT2D eigenvalue weighted by Gasteiger charge is 2.38. The fourth-order valence-corrected chi connectivity index (χ4v) is 4.29. The monoisotopic (exact) mass is 449 g/mol. The molecule has 0 fully saturated rings. The van der Waals surface area contributed by atoms with Gasteiger partial charge in [0.05, 0.1) is 16.8 Å². The van der Waals surface area contributed by atoms with Crippen LogP contribution in [0.4, 0.5) is 11.6 Å². The molecule has 2 N–H and O–H groups in total. The highest BCUT2D eigenvalue weighted by Crippen LogP contribution is 2.34. The van der Waals surface area contributed by atoms with E-state index < -0.39 is 11.8 Å². The first kappa shape index (κ1) is 21.8. The summed E-state index contributed by atoms with van der Waals surface area (Å²) in [6.07, 6.45) is 1.39. The number of para-hydroxylation sites is 1. The molecule has 0 bridgehead atoms. The normalized spacial score (nSPS) is 12.9. The maximum absolute atomic E-state index is 13.3. The number of aromatic nitrogens is 3. The molecule has 3 aromatic rings. The number of carbonyl (C=O) groups excluding carboxylic acids is 3. The van der Waals surface area contributed by atoms with Crippen LogP contribution in [0.25, 0.3) is 0 Å². The third-order valence-corrected chi connectivity index (χ3v) is 6.04. The molecule has 1 aliphatic rings. The third kappa shape index (κ3) is 3.80. The predicted octanol–water partition coefficient (Wildman–Crippen LogP) is 4.09. The number of aromatic amines is 1. The van der Waals surface area contributed by atoms with E-state index in [1.807, 2.05) is 39.0 Å². The number of rotatable bonds is 7. The molecule has 4 rings (SSSR count). The fourth-order valence-electron chi connectivity index (χ4n) is 3.76. The molecule has 8 nitrogen and oxygen atoms in total. The number of aryl methyl sites for hydroxylation is 2. The van der Waals surface area contributed by atoms with Crippen molar-refractivity contribution in [3.8, 4) is 0 Å². The molecule has 3 amide bonds.